The highest BCUT2D eigenvalue weighted by atomic mass is 35.5. The van der Waals surface area contributed by atoms with Crippen molar-refractivity contribution in [1.82, 2.24) is 9.97 Å². The van der Waals surface area contributed by atoms with Gasteiger partial charge in [-0.3, -0.25) is 10.1 Å². The summed E-state index contributed by atoms with van der Waals surface area (Å²) in [5.41, 5.74) is -3.35. The summed E-state index contributed by atoms with van der Waals surface area (Å²) in [5, 5.41) is 15.8. The van der Waals surface area contributed by atoms with E-state index in [-0.39, 0.29) is 11.4 Å². The monoisotopic (exact) mass is 477 g/mol. The number of nitrogens with one attached hydrogen (secondary N) is 2. The maximum Gasteiger partial charge on any atom is 0.417 e. The number of nitro groups is 1. The van der Waals surface area contributed by atoms with Crippen molar-refractivity contribution in [1.29, 1.82) is 0 Å². The summed E-state index contributed by atoms with van der Waals surface area (Å²) in [5.74, 6) is -0.966. The van der Waals surface area contributed by atoms with Crippen molar-refractivity contribution >= 4 is 40.3 Å². The molecule has 0 atom stereocenters. The summed E-state index contributed by atoms with van der Waals surface area (Å²) >= 11 is 5.55. The van der Waals surface area contributed by atoms with E-state index < -0.39 is 50.7 Å². The maximum absolute atomic E-state index is 13.1. The standard InChI is InChI=1S/C18H10ClF6N5O2/c19-13-5-4-11(7-12(13)18(23,24)25)29-16-14(30(31)32)15(26-8-27-16)28-10-3-1-2-9(6-10)17(20,21)22/h1-8H,(H2,26,27,28,29). The van der Waals surface area contributed by atoms with Crippen LogP contribution < -0.4 is 10.6 Å². The van der Waals surface area contributed by atoms with Crippen molar-refractivity contribution in [3.05, 3.63) is 75.1 Å². The van der Waals surface area contributed by atoms with Crippen LogP contribution >= 0.6 is 11.6 Å². The molecule has 14 heteroatoms. The minimum Gasteiger partial charge on any atom is -0.334 e. The largest absolute Gasteiger partial charge is 0.417 e. The Balaban J connectivity index is 1.99. The molecule has 168 valence electrons. The van der Waals surface area contributed by atoms with Crippen molar-refractivity contribution < 1.29 is 31.3 Å². The quantitative estimate of drug-likeness (QED) is 0.245. The van der Waals surface area contributed by atoms with E-state index in [9.17, 15) is 36.5 Å². The lowest BCUT2D eigenvalue weighted by Gasteiger charge is -2.13. The molecule has 32 heavy (non-hydrogen) atoms. The SMILES string of the molecule is O=[N+]([O-])c1c(Nc2cccc(C(F)(F)F)c2)ncnc1Nc1ccc(Cl)c(C(F)(F)F)c1. The molecular weight excluding hydrogens is 468 g/mol. The molecule has 7 nitrogen and oxygen atoms in total. The van der Waals surface area contributed by atoms with Crippen LogP contribution in [0.1, 0.15) is 11.1 Å². The molecule has 0 amide bonds. The van der Waals surface area contributed by atoms with Gasteiger partial charge in [-0.05, 0) is 36.4 Å². The highest BCUT2D eigenvalue weighted by molar-refractivity contribution is 6.31. The van der Waals surface area contributed by atoms with Crippen molar-refractivity contribution in [2.75, 3.05) is 10.6 Å². The second kappa shape index (κ2) is 8.49. The molecule has 2 N–H and O–H groups in total. The van der Waals surface area contributed by atoms with Gasteiger partial charge in [0.1, 0.15) is 6.33 Å². The second-order valence-electron chi connectivity index (χ2n) is 6.20. The molecule has 1 heterocycles. The molecular formula is C18H10ClF6N5O2. The number of hydrogen-bond donors (Lipinski definition) is 2. The number of anilines is 4. The first-order chi connectivity index (χ1) is 14.9. The maximum atomic E-state index is 13.1. The van der Waals surface area contributed by atoms with E-state index in [2.05, 4.69) is 20.6 Å². The number of aromatic nitrogens is 2. The lowest BCUT2D eigenvalue weighted by molar-refractivity contribution is -0.383. The topological polar surface area (TPSA) is 93.0 Å². The molecule has 0 aliphatic rings. The van der Waals surface area contributed by atoms with E-state index >= 15 is 0 Å². The number of alkyl halides is 6. The van der Waals surface area contributed by atoms with Crippen molar-refractivity contribution in [2.24, 2.45) is 0 Å². The molecule has 0 bridgehead atoms. The molecule has 0 unspecified atom stereocenters. The fourth-order valence-corrected chi connectivity index (χ4v) is 2.83. The fraction of sp³-hybridized carbons (Fsp3) is 0.111. The van der Waals surface area contributed by atoms with Crippen molar-refractivity contribution in [2.45, 2.75) is 12.4 Å². The minimum atomic E-state index is -4.78. The summed E-state index contributed by atoms with van der Waals surface area (Å²) in [6.45, 7) is 0. The molecule has 1 aromatic heterocycles. The van der Waals surface area contributed by atoms with Crippen LogP contribution in [0.3, 0.4) is 0 Å². The molecule has 3 aromatic rings. The smallest absolute Gasteiger partial charge is 0.334 e. The highest BCUT2D eigenvalue weighted by Crippen LogP contribution is 2.38. The van der Waals surface area contributed by atoms with Crippen LogP contribution in [-0.4, -0.2) is 14.9 Å². The number of halogens is 7. The molecule has 2 aromatic carbocycles. The average Bonchev–Trinajstić information content (AvgIpc) is 2.68. The molecule has 3 rings (SSSR count). The first-order valence-corrected chi connectivity index (χ1v) is 8.81. The van der Waals surface area contributed by atoms with Crippen LogP contribution in [-0.2, 0) is 12.4 Å². The Morgan fingerprint density at radius 3 is 2.00 bits per heavy atom. The van der Waals surface area contributed by atoms with Crippen molar-refractivity contribution in [3.63, 3.8) is 0 Å². The van der Waals surface area contributed by atoms with Gasteiger partial charge in [0.05, 0.1) is 21.1 Å². The summed E-state index contributed by atoms with van der Waals surface area (Å²) in [6.07, 6.45) is -8.57. The Morgan fingerprint density at radius 1 is 0.875 bits per heavy atom. The molecule has 0 aliphatic heterocycles. The van der Waals surface area contributed by atoms with Gasteiger partial charge in [0.2, 0.25) is 11.6 Å². The Labute approximate surface area is 180 Å². The van der Waals surface area contributed by atoms with Gasteiger partial charge in [-0.15, -0.1) is 0 Å². The Bertz CT molecular complexity index is 1170. The summed E-state index contributed by atoms with van der Waals surface area (Å²) < 4.78 is 77.9. The number of nitrogens with zero attached hydrogens (tertiary/aromatic N) is 3. The van der Waals surface area contributed by atoms with E-state index in [0.29, 0.717) is 12.1 Å². The van der Waals surface area contributed by atoms with E-state index in [1.54, 1.807) is 0 Å². The van der Waals surface area contributed by atoms with Crippen LogP contribution in [0.2, 0.25) is 5.02 Å². The highest BCUT2D eigenvalue weighted by Gasteiger charge is 2.34. The first kappa shape index (κ1) is 23.1. The van der Waals surface area contributed by atoms with E-state index in [1.807, 2.05) is 0 Å². The third kappa shape index (κ3) is 5.17. The molecule has 0 saturated heterocycles. The van der Waals surface area contributed by atoms with Crippen LogP contribution in [0.4, 0.5) is 55.0 Å². The zero-order chi connectivity index (χ0) is 23.7. The van der Waals surface area contributed by atoms with Crippen molar-refractivity contribution in [3.8, 4) is 0 Å². The van der Waals surface area contributed by atoms with E-state index in [4.69, 9.17) is 11.6 Å². The Hall–Kier alpha value is -3.61. The van der Waals surface area contributed by atoms with Gasteiger partial charge in [-0.25, -0.2) is 9.97 Å². The van der Waals surface area contributed by atoms with Gasteiger partial charge in [-0.1, -0.05) is 17.7 Å². The normalized spacial score (nSPS) is 11.8. The summed E-state index contributed by atoms with van der Waals surface area (Å²) in [4.78, 5) is 18.0. The summed E-state index contributed by atoms with van der Waals surface area (Å²) in [6, 6.07) is 6.56. The predicted octanol–water partition coefficient (Wildman–Crippen LogP) is 6.56. The number of rotatable bonds is 5. The number of hydrogen-bond acceptors (Lipinski definition) is 6. The Morgan fingerprint density at radius 2 is 1.47 bits per heavy atom. The van der Waals surface area contributed by atoms with E-state index in [1.165, 1.54) is 6.07 Å². The lowest BCUT2D eigenvalue weighted by Crippen LogP contribution is -2.09. The van der Waals surface area contributed by atoms with Crippen LogP contribution in [0.25, 0.3) is 0 Å². The average molecular weight is 478 g/mol. The molecule has 0 spiro atoms. The molecule has 0 aliphatic carbocycles. The molecule has 0 fully saturated rings. The summed E-state index contributed by atoms with van der Waals surface area (Å²) in [7, 11) is 0. The van der Waals surface area contributed by atoms with Gasteiger partial charge in [0, 0.05) is 11.4 Å². The number of benzene rings is 2. The van der Waals surface area contributed by atoms with Crippen LogP contribution in [0.15, 0.2) is 48.8 Å². The third-order valence-electron chi connectivity index (χ3n) is 3.99. The fourth-order valence-electron chi connectivity index (χ4n) is 2.60. The van der Waals surface area contributed by atoms with Gasteiger partial charge in [-0.2, -0.15) is 26.3 Å². The Kier molecular flexibility index (Phi) is 6.12. The van der Waals surface area contributed by atoms with Crippen LogP contribution in [0, 0.1) is 10.1 Å². The van der Waals surface area contributed by atoms with Crippen LogP contribution in [0.5, 0.6) is 0 Å². The van der Waals surface area contributed by atoms with Gasteiger partial charge < -0.3 is 10.6 Å². The third-order valence-corrected chi connectivity index (χ3v) is 4.32. The zero-order valence-electron chi connectivity index (χ0n) is 15.4. The zero-order valence-corrected chi connectivity index (χ0v) is 16.2. The second-order valence-corrected chi connectivity index (χ2v) is 6.60. The lowest BCUT2D eigenvalue weighted by atomic mass is 10.2. The molecule has 0 saturated carbocycles. The van der Waals surface area contributed by atoms with Gasteiger partial charge >= 0.3 is 18.0 Å². The molecule has 0 radical (unpaired) electrons. The predicted molar refractivity (Wildman–Crippen MR) is 103 cm³/mol. The van der Waals surface area contributed by atoms with E-state index in [0.717, 1.165) is 30.6 Å². The minimum absolute atomic E-state index is 0.154. The van der Waals surface area contributed by atoms with Gasteiger partial charge in [0.25, 0.3) is 0 Å². The van der Waals surface area contributed by atoms with Gasteiger partial charge in [0.15, 0.2) is 0 Å². The first-order valence-electron chi connectivity index (χ1n) is 8.43.